The minimum absolute atomic E-state index is 0.268. The SMILES string of the molecule is CC1CCCN1c1ccc(C(=O)O)c(F)c1. The molecule has 1 heterocycles. The van der Waals surface area contributed by atoms with Gasteiger partial charge in [-0.3, -0.25) is 0 Å². The first-order valence-electron chi connectivity index (χ1n) is 5.39. The number of anilines is 1. The molecule has 2 rings (SSSR count). The van der Waals surface area contributed by atoms with Gasteiger partial charge in [0.15, 0.2) is 0 Å². The van der Waals surface area contributed by atoms with E-state index < -0.39 is 11.8 Å². The smallest absolute Gasteiger partial charge is 0.338 e. The molecule has 1 aromatic rings. The first-order valence-corrected chi connectivity index (χ1v) is 5.39. The second kappa shape index (κ2) is 4.12. The quantitative estimate of drug-likeness (QED) is 0.837. The van der Waals surface area contributed by atoms with Crippen LogP contribution in [0.3, 0.4) is 0 Å². The Morgan fingerprint density at radius 2 is 2.31 bits per heavy atom. The Hall–Kier alpha value is -1.58. The Labute approximate surface area is 93.5 Å². The van der Waals surface area contributed by atoms with E-state index in [0.29, 0.717) is 6.04 Å². The Kier molecular flexibility index (Phi) is 2.81. The van der Waals surface area contributed by atoms with Gasteiger partial charge in [0, 0.05) is 18.3 Å². The average Bonchev–Trinajstić information content (AvgIpc) is 2.63. The Bertz CT molecular complexity index is 419. The number of nitrogens with zero attached hydrogens (tertiary/aromatic N) is 1. The molecule has 16 heavy (non-hydrogen) atoms. The molecule has 3 nitrogen and oxygen atoms in total. The van der Waals surface area contributed by atoms with Gasteiger partial charge in [-0.15, -0.1) is 0 Å². The highest BCUT2D eigenvalue weighted by Crippen LogP contribution is 2.26. The van der Waals surface area contributed by atoms with E-state index in [1.54, 1.807) is 6.07 Å². The molecule has 0 aromatic heterocycles. The van der Waals surface area contributed by atoms with E-state index in [0.717, 1.165) is 25.1 Å². The summed E-state index contributed by atoms with van der Waals surface area (Å²) in [7, 11) is 0. The maximum Gasteiger partial charge on any atom is 0.338 e. The van der Waals surface area contributed by atoms with Crippen molar-refractivity contribution in [3.05, 3.63) is 29.6 Å². The zero-order valence-corrected chi connectivity index (χ0v) is 9.11. The first-order chi connectivity index (χ1) is 7.59. The number of aromatic carboxylic acids is 1. The summed E-state index contributed by atoms with van der Waals surface area (Å²) in [5.74, 6) is -1.89. The van der Waals surface area contributed by atoms with Gasteiger partial charge in [-0.1, -0.05) is 0 Å². The third-order valence-corrected chi connectivity index (χ3v) is 3.07. The van der Waals surface area contributed by atoms with Crippen molar-refractivity contribution < 1.29 is 14.3 Å². The minimum atomic E-state index is -1.22. The van der Waals surface area contributed by atoms with Gasteiger partial charge in [0.05, 0.1) is 5.56 Å². The van der Waals surface area contributed by atoms with E-state index in [9.17, 15) is 9.18 Å². The largest absolute Gasteiger partial charge is 0.478 e. The monoisotopic (exact) mass is 223 g/mol. The molecule has 0 radical (unpaired) electrons. The number of rotatable bonds is 2. The van der Waals surface area contributed by atoms with Crippen LogP contribution in [-0.4, -0.2) is 23.7 Å². The predicted octanol–water partition coefficient (Wildman–Crippen LogP) is 2.51. The van der Waals surface area contributed by atoms with Gasteiger partial charge in [0.2, 0.25) is 0 Å². The van der Waals surface area contributed by atoms with E-state index in [-0.39, 0.29) is 5.56 Å². The Morgan fingerprint density at radius 1 is 1.56 bits per heavy atom. The van der Waals surface area contributed by atoms with Gasteiger partial charge in [0.25, 0.3) is 0 Å². The molecular formula is C12H14FNO2. The molecule has 1 aliphatic heterocycles. The molecule has 1 N–H and O–H groups in total. The van der Waals surface area contributed by atoms with Crippen molar-refractivity contribution in [2.45, 2.75) is 25.8 Å². The number of hydrogen-bond donors (Lipinski definition) is 1. The summed E-state index contributed by atoms with van der Waals surface area (Å²) in [6, 6.07) is 4.72. The van der Waals surface area contributed by atoms with E-state index >= 15 is 0 Å². The van der Waals surface area contributed by atoms with Crippen LogP contribution < -0.4 is 4.90 Å². The highest BCUT2D eigenvalue weighted by atomic mass is 19.1. The second-order valence-electron chi connectivity index (χ2n) is 4.15. The topological polar surface area (TPSA) is 40.5 Å². The number of carbonyl (C=O) groups is 1. The number of benzene rings is 1. The van der Waals surface area contributed by atoms with Crippen molar-refractivity contribution in [1.82, 2.24) is 0 Å². The molecule has 1 aliphatic rings. The molecule has 86 valence electrons. The second-order valence-corrected chi connectivity index (χ2v) is 4.15. The van der Waals surface area contributed by atoms with E-state index in [4.69, 9.17) is 5.11 Å². The van der Waals surface area contributed by atoms with Gasteiger partial charge in [-0.2, -0.15) is 0 Å². The lowest BCUT2D eigenvalue weighted by molar-refractivity contribution is 0.0692. The minimum Gasteiger partial charge on any atom is -0.478 e. The number of halogens is 1. The summed E-state index contributed by atoms with van der Waals surface area (Å²) < 4.78 is 13.5. The fraction of sp³-hybridized carbons (Fsp3) is 0.417. The molecule has 4 heteroatoms. The molecule has 0 saturated carbocycles. The van der Waals surface area contributed by atoms with Crippen LogP contribution in [0.4, 0.5) is 10.1 Å². The predicted molar refractivity (Wildman–Crippen MR) is 59.4 cm³/mol. The fourth-order valence-corrected chi connectivity index (χ4v) is 2.17. The van der Waals surface area contributed by atoms with Crippen molar-refractivity contribution in [3.8, 4) is 0 Å². The standard InChI is InChI=1S/C12H14FNO2/c1-8-3-2-6-14(8)9-4-5-10(12(15)16)11(13)7-9/h4-5,7-8H,2-3,6H2,1H3,(H,15,16). The lowest BCUT2D eigenvalue weighted by atomic mass is 10.1. The van der Waals surface area contributed by atoms with E-state index in [1.165, 1.54) is 12.1 Å². The molecule has 1 saturated heterocycles. The lowest BCUT2D eigenvalue weighted by Crippen LogP contribution is -2.26. The number of hydrogen-bond acceptors (Lipinski definition) is 2. The number of carboxylic acid groups (broad SMARTS) is 1. The van der Waals surface area contributed by atoms with Crippen LogP contribution >= 0.6 is 0 Å². The van der Waals surface area contributed by atoms with Crippen LogP contribution in [0.5, 0.6) is 0 Å². The van der Waals surface area contributed by atoms with Crippen LogP contribution in [0.15, 0.2) is 18.2 Å². The van der Waals surface area contributed by atoms with Crippen LogP contribution in [0.25, 0.3) is 0 Å². The third kappa shape index (κ3) is 1.87. The van der Waals surface area contributed by atoms with E-state index in [2.05, 4.69) is 11.8 Å². The lowest BCUT2D eigenvalue weighted by Gasteiger charge is -2.23. The maximum absolute atomic E-state index is 13.5. The molecule has 0 amide bonds. The van der Waals surface area contributed by atoms with Crippen molar-refractivity contribution in [3.63, 3.8) is 0 Å². The van der Waals surface area contributed by atoms with Crippen molar-refractivity contribution in [2.75, 3.05) is 11.4 Å². The Balaban J connectivity index is 2.30. The zero-order valence-electron chi connectivity index (χ0n) is 9.11. The summed E-state index contributed by atoms with van der Waals surface area (Å²) in [5, 5.41) is 8.72. The van der Waals surface area contributed by atoms with Gasteiger partial charge in [-0.05, 0) is 38.0 Å². The molecule has 0 bridgehead atoms. The zero-order chi connectivity index (χ0) is 11.7. The van der Waals surface area contributed by atoms with Crippen LogP contribution in [0.2, 0.25) is 0 Å². The highest BCUT2D eigenvalue weighted by molar-refractivity contribution is 5.88. The van der Waals surface area contributed by atoms with Gasteiger partial charge >= 0.3 is 5.97 Å². The molecule has 1 unspecified atom stereocenters. The summed E-state index contributed by atoms with van der Waals surface area (Å²) in [5.41, 5.74) is 0.503. The highest BCUT2D eigenvalue weighted by Gasteiger charge is 2.21. The molecule has 0 aliphatic carbocycles. The van der Waals surface area contributed by atoms with Crippen LogP contribution in [-0.2, 0) is 0 Å². The average molecular weight is 223 g/mol. The van der Waals surface area contributed by atoms with Crippen LogP contribution in [0.1, 0.15) is 30.1 Å². The van der Waals surface area contributed by atoms with Gasteiger partial charge in [0.1, 0.15) is 5.82 Å². The van der Waals surface area contributed by atoms with Crippen molar-refractivity contribution >= 4 is 11.7 Å². The molecule has 1 atom stereocenters. The van der Waals surface area contributed by atoms with Crippen molar-refractivity contribution in [2.24, 2.45) is 0 Å². The molecular weight excluding hydrogens is 209 g/mol. The molecule has 0 spiro atoms. The van der Waals surface area contributed by atoms with Gasteiger partial charge in [-0.25, -0.2) is 9.18 Å². The normalized spacial score (nSPS) is 20.1. The Morgan fingerprint density at radius 3 is 2.81 bits per heavy atom. The summed E-state index contributed by atoms with van der Waals surface area (Å²) >= 11 is 0. The van der Waals surface area contributed by atoms with Crippen molar-refractivity contribution in [1.29, 1.82) is 0 Å². The first kappa shape index (κ1) is 10.9. The molecule has 1 aromatic carbocycles. The van der Waals surface area contributed by atoms with Crippen LogP contribution in [0, 0.1) is 5.82 Å². The van der Waals surface area contributed by atoms with Gasteiger partial charge < -0.3 is 10.0 Å². The third-order valence-electron chi connectivity index (χ3n) is 3.07. The maximum atomic E-state index is 13.5. The summed E-state index contributed by atoms with van der Waals surface area (Å²) in [6.07, 6.45) is 2.20. The van der Waals surface area contributed by atoms with E-state index in [1.807, 2.05) is 0 Å². The fourth-order valence-electron chi connectivity index (χ4n) is 2.17. The number of carboxylic acids is 1. The summed E-state index contributed by atoms with van der Waals surface area (Å²) in [4.78, 5) is 12.8. The molecule has 1 fully saturated rings. The summed E-state index contributed by atoms with van der Waals surface area (Å²) in [6.45, 7) is 3.00.